The molecule has 0 unspecified atom stereocenters. The number of halogens is 1. The molecule has 3 aromatic rings. The topological polar surface area (TPSA) is 74.7 Å². The molecule has 1 saturated heterocycles. The molecule has 3 heterocycles. The number of nitrogens with zero attached hydrogens (tertiary/aromatic N) is 3. The Labute approximate surface area is 192 Å². The van der Waals surface area contributed by atoms with Gasteiger partial charge in [-0.05, 0) is 73.4 Å². The molecule has 0 radical (unpaired) electrons. The molecule has 0 aliphatic carbocycles. The number of hydrogen-bond donors (Lipinski definition) is 2. The van der Waals surface area contributed by atoms with Crippen LogP contribution >= 0.6 is 11.6 Å². The largest absolute Gasteiger partial charge is 0.508 e. The number of anilines is 1. The number of nitrogen functional groups attached to an aromatic ring is 1. The second kappa shape index (κ2) is 8.19. The highest BCUT2D eigenvalue weighted by Gasteiger charge is 2.36. The molecule has 2 aliphatic rings. The number of nitrogens with two attached hydrogens (primary N) is 1. The zero-order valence-corrected chi connectivity index (χ0v) is 18.9. The maximum atomic E-state index is 13.7. The number of rotatable bonds is 3. The molecule has 2 aromatic carbocycles. The molecule has 1 aromatic heterocycles. The van der Waals surface area contributed by atoms with Gasteiger partial charge in [0.05, 0.1) is 22.0 Å². The van der Waals surface area contributed by atoms with Crippen molar-refractivity contribution in [2.45, 2.75) is 32.6 Å². The summed E-state index contributed by atoms with van der Waals surface area (Å²) in [7, 11) is 0. The SMILES string of the molecule is Cc1c2c(n(-c3ccc(N)cc3Cl)c1-c1ccc(O)cc1)CCN(N1CCCCC1)C2=O. The van der Waals surface area contributed by atoms with Crippen LogP contribution in [0.1, 0.15) is 40.9 Å². The summed E-state index contributed by atoms with van der Waals surface area (Å²) < 4.78 is 2.10. The minimum atomic E-state index is 0.0518. The van der Waals surface area contributed by atoms with E-state index in [1.54, 1.807) is 18.2 Å². The third-order valence-corrected chi connectivity index (χ3v) is 6.85. The number of phenolic OH excluding ortho intramolecular Hbond substituents is 1. The van der Waals surface area contributed by atoms with Crippen molar-refractivity contribution in [2.75, 3.05) is 25.4 Å². The predicted octanol–water partition coefficient (Wildman–Crippen LogP) is 4.79. The van der Waals surface area contributed by atoms with Crippen LogP contribution in [0.5, 0.6) is 5.75 Å². The second-order valence-electron chi connectivity index (χ2n) is 8.58. The Kier molecular flexibility index (Phi) is 5.35. The lowest BCUT2D eigenvalue weighted by molar-refractivity contribution is -0.0237. The molecule has 166 valence electrons. The number of fused-ring (bicyclic) bond motifs is 1. The third kappa shape index (κ3) is 3.44. The van der Waals surface area contributed by atoms with Gasteiger partial charge in [0.2, 0.25) is 0 Å². The molecular weight excluding hydrogens is 424 g/mol. The normalized spacial score (nSPS) is 16.9. The lowest BCUT2D eigenvalue weighted by Crippen LogP contribution is -2.51. The van der Waals surface area contributed by atoms with Crippen molar-refractivity contribution in [3.8, 4) is 22.7 Å². The summed E-state index contributed by atoms with van der Waals surface area (Å²) in [5, 5.41) is 14.5. The fraction of sp³-hybridized carbons (Fsp3) is 0.320. The van der Waals surface area contributed by atoms with E-state index in [-0.39, 0.29) is 11.7 Å². The van der Waals surface area contributed by atoms with Gasteiger partial charge in [0.15, 0.2) is 0 Å². The number of carbonyl (C=O) groups excluding carboxylic acids is 1. The van der Waals surface area contributed by atoms with Crippen LogP contribution in [-0.4, -0.2) is 45.2 Å². The van der Waals surface area contributed by atoms with E-state index < -0.39 is 0 Å². The number of aromatic nitrogens is 1. The standard InChI is InChI=1S/C25H27ClN4O2/c1-16-23-22(11-14-29(25(23)32)28-12-3-2-4-13-28)30(21-10-7-18(27)15-20(21)26)24(16)17-5-8-19(31)9-6-17/h5-10,15,31H,2-4,11-14,27H2,1H3. The van der Waals surface area contributed by atoms with Gasteiger partial charge in [-0.15, -0.1) is 0 Å². The molecule has 0 bridgehead atoms. The molecule has 0 saturated carbocycles. The molecular formula is C25H27ClN4O2. The summed E-state index contributed by atoms with van der Waals surface area (Å²) in [5.41, 5.74) is 11.8. The van der Waals surface area contributed by atoms with E-state index in [1.807, 2.05) is 36.2 Å². The van der Waals surface area contributed by atoms with Crippen LogP contribution < -0.4 is 5.73 Å². The molecule has 3 N–H and O–H groups in total. The monoisotopic (exact) mass is 450 g/mol. The Hall–Kier alpha value is -2.96. The van der Waals surface area contributed by atoms with Crippen LogP contribution in [0, 0.1) is 6.92 Å². The lowest BCUT2D eigenvalue weighted by atomic mass is 10.0. The van der Waals surface area contributed by atoms with Crippen LogP contribution in [0.4, 0.5) is 5.69 Å². The van der Waals surface area contributed by atoms with Gasteiger partial charge in [-0.25, -0.2) is 5.01 Å². The van der Waals surface area contributed by atoms with Gasteiger partial charge < -0.3 is 15.4 Å². The zero-order chi connectivity index (χ0) is 22.4. The molecule has 1 amide bonds. The number of hydrogen-bond acceptors (Lipinski definition) is 4. The fourth-order valence-corrected chi connectivity index (χ4v) is 5.31. The van der Waals surface area contributed by atoms with Crippen molar-refractivity contribution in [3.63, 3.8) is 0 Å². The third-order valence-electron chi connectivity index (χ3n) is 6.55. The Morgan fingerprint density at radius 2 is 1.72 bits per heavy atom. The van der Waals surface area contributed by atoms with Crippen LogP contribution in [0.2, 0.25) is 5.02 Å². The molecule has 2 aliphatic heterocycles. The average Bonchev–Trinajstić information content (AvgIpc) is 3.08. The number of phenols is 1. The van der Waals surface area contributed by atoms with Crippen molar-refractivity contribution >= 4 is 23.2 Å². The Morgan fingerprint density at radius 3 is 2.41 bits per heavy atom. The maximum Gasteiger partial charge on any atom is 0.270 e. The van der Waals surface area contributed by atoms with Gasteiger partial charge in [0.1, 0.15) is 5.75 Å². The number of amides is 1. The van der Waals surface area contributed by atoms with Crippen molar-refractivity contribution in [1.29, 1.82) is 0 Å². The first-order chi connectivity index (χ1) is 15.5. The molecule has 0 spiro atoms. The number of aromatic hydroxyl groups is 1. The lowest BCUT2D eigenvalue weighted by Gasteiger charge is -2.39. The summed E-state index contributed by atoms with van der Waals surface area (Å²) in [6.07, 6.45) is 4.20. The highest BCUT2D eigenvalue weighted by atomic mass is 35.5. The summed E-state index contributed by atoms with van der Waals surface area (Å²) >= 11 is 6.64. The van der Waals surface area contributed by atoms with Crippen LogP contribution in [0.25, 0.3) is 16.9 Å². The minimum absolute atomic E-state index is 0.0518. The number of benzene rings is 2. The molecule has 7 heteroatoms. The minimum Gasteiger partial charge on any atom is -0.508 e. The summed E-state index contributed by atoms with van der Waals surface area (Å²) in [6, 6.07) is 12.5. The van der Waals surface area contributed by atoms with Gasteiger partial charge >= 0.3 is 0 Å². The maximum absolute atomic E-state index is 13.7. The predicted molar refractivity (Wildman–Crippen MR) is 127 cm³/mol. The van der Waals surface area contributed by atoms with Gasteiger partial charge in [0.25, 0.3) is 5.91 Å². The Morgan fingerprint density at radius 1 is 1.00 bits per heavy atom. The van der Waals surface area contributed by atoms with E-state index in [1.165, 1.54) is 6.42 Å². The second-order valence-corrected chi connectivity index (χ2v) is 8.99. The van der Waals surface area contributed by atoms with Gasteiger partial charge in [0, 0.05) is 37.4 Å². The number of carbonyl (C=O) groups is 1. The molecule has 32 heavy (non-hydrogen) atoms. The van der Waals surface area contributed by atoms with Crippen LogP contribution in [0.3, 0.4) is 0 Å². The fourth-order valence-electron chi connectivity index (χ4n) is 5.04. The van der Waals surface area contributed by atoms with Crippen molar-refractivity contribution in [2.24, 2.45) is 0 Å². The van der Waals surface area contributed by atoms with Crippen molar-refractivity contribution < 1.29 is 9.90 Å². The van der Waals surface area contributed by atoms with Gasteiger partial charge in [-0.1, -0.05) is 18.0 Å². The first kappa shape index (κ1) is 20.9. The molecule has 5 rings (SSSR count). The van der Waals surface area contributed by atoms with Crippen molar-refractivity contribution in [1.82, 2.24) is 14.6 Å². The first-order valence-electron chi connectivity index (χ1n) is 11.1. The van der Waals surface area contributed by atoms with Crippen LogP contribution in [-0.2, 0) is 6.42 Å². The Balaban J connectivity index is 1.70. The van der Waals surface area contributed by atoms with E-state index in [0.29, 0.717) is 17.3 Å². The zero-order valence-electron chi connectivity index (χ0n) is 18.1. The highest BCUT2D eigenvalue weighted by molar-refractivity contribution is 6.32. The van der Waals surface area contributed by atoms with E-state index in [4.69, 9.17) is 17.3 Å². The van der Waals surface area contributed by atoms with Crippen molar-refractivity contribution in [3.05, 3.63) is 64.3 Å². The van der Waals surface area contributed by atoms with E-state index in [2.05, 4.69) is 9.58 Å². The van der Waals surface area contributed by atoms with Crippen LogP contribution in [0.15, 0.2) is 42.5 Å². The summed E-state index contributed by atoms with van der Waals surface area (Å²) in [6.45, 7) is 4.50. The average molecular weight is 451 g/mol. The number of piperidine rings is 1. The quantitative estimate of drug-likeness (QED) is 0.562. The summed E-state index contributed by atoms with van der Waals surface area (Å²) in [5.74, 6) is 0.253. The van der Waals surface area contributed by atoms with Gasteiger partial charge in [-0.3, -0.25) is 9.80 Å². The first-order valence-corrected chi connectivity index (χ1v) is 11.5. The molecule has 0 atom stereocenters. The Bertz CT molecular complexity index is 1180. The molecule has 6 nitrogen and oxygen atoms in total. The van der Waals surface area contributed by atoms with Gasteiger partial charge in [-0.2, -0.15) is 0 Å². The van der Waals surface area contributed by atoms with E-state index in [9.17, 15) is 9.90 Å². The molecule has 1 fully saturated rings. The highest BCUT2D eigenvalue weighted by Crippen LogP contribution is 2.40. The smallest absolute Gasteiger partial charge is 0.270 e. The van der Waals surface area contributed by atoms with E-state index in [0.717, 1.165) is 66.1 Å². The number of hydrazine groups is 1. The summed E-state index contributed by atoms with van der Waals surface area (Å²) in [4.78, 5) is 13.7. The van der Waals surface area contributed by atoms with E-state index >= 15 is 0 Å².